The highest BCUT2D eigenvalue weighted by atomic mass is 16.6. The molecule has 3 unspecified atom stereocenters. The van der Waals surface area contributed by atoms with E-state index in [1.807, 2.05) is 0 Å². The molecular formula is C15H22O4. The van der Waals surface area contributed by atoms with Crippen LogP contribution in [0.1, 0.15) is 39.5 Å². The largest absolute Gasteiger partial charge is 0.468 e. The van der Waals surface area contributed by atoms with Crippen LogP contribution < -0.4 is 0 Å². The van der Waals surface area contributed by atoms with Gasteiger partial charge in [-0.05, 0) is 19.8 Å². The Hall–Kier alpha value is -1.32. The van der Waals surface area contributed by atoms with Gasteiger partial charge in [0.15, 0.2) is 5.41 Å². The standard InChI is InChI=1S/C15H22O4/c1-4-5-6-7-10(2)8-11-12-9-19-14(17)15(11,12)13(16)18-3/h8,11-12H,4-7,9H2,1-3H3. The SMILES string of the molecule is CCCCCC(C)=CC1C2COC(=O)C12C(=O)OC. The molecule has 0 spiro atoms. The maximum atomic E-state index is 11.9. The normalized spacial score (nSPS) is 32.8. The lowest BCUT2D eigenvalue weighted by atomic mass is 10.0. The Morgan fingerprint density at radius 3 is 2.89 bits per heavy atom. The molecule has 4 nitrogen and oxygen atoms in total. The van der Waals surface area contributed by atoms with Gasteiger partial charge in [-0.2, -0.15) is 0 Å². The molecule has 1 heterocycles. The van der Waals surface area contributed by atoms with Crippen LogP contribution in [0.25, 0.3) is 0 Å². The van der Waals surface area contributed by atoms with Gasteiger partial charge in [-0.3, -0.25) is 9.59 Å². The highest BCUT2D eigenvalue weighted by Crippen LogP contribution is 2.64. The Morgan fingerprint density at radius 1 is 1.53 bits per heavy atom. The molecule has 0 aromatic carbocycles. The predicted molar refractivity (Wildman–Crippen MR) is 70.3 cm³/mol. The Morgan fingerprint density at radius 2 is 2.26 bits per heavy atom. The minimum absolute atomic E-state index is 0.0198. The number of allylic oxidation sites excluding steroid dienone is 2. The van der Waals surface area contributed by atoms with Crippen LogP contribution in [-0.2, 0) is 19.1 Å². The van der Waals surface area contributed by atoms with Gasteiger partial charge in [-0.15, -0.1) is 0 Å². The van der Waals surface area contributed by atoms with Gasteiger partial charge in [-0.1, -0.05) is 31.4 Å². The Labute approximate surface area is 114 Å². The number of ether oxygens (including phenoxy) is 2. The number of hydrogen-bond acceptors (Lipinski definition) is 4. The van der Waals surface area contributed by atoms with Gasteiger partial charge in [0, 0.05) is 11.8 Å². The number of hydrogen-bond donors (Lipinski definition) is 0. The second kappa shape index (κ2) is 5.35. The number of carbonyl (C=O) groups is 2. The Balaban J connectivity index is 2.05. The molecule has 4 heteroatoms. The van der Waals surface area contributed by atoms with Crippen LogP contribution in [0.2, 0.25) is 0 Å². The van der Waals surface area contributed by atoms with Crippen molar-refractivity contribution in [2.75, 3.05) is 13.7 Å². The van der Waals surface area contributed by atoms with Crippen molar-refractivity contribution in [2.24, 2.45) is 17.3 Å². The lowest BCUT2D eigenvalue weighted by Crippen LogP contribution is -2.28. The summed E-state index contributed by atoms with van der Waals surface area (Å²) < 4.78 is 9.77. The molecule has 0 amide bonds. The van der Waals surface area contributed by atoms with Crippen LogP contribution in [0.15, 0.2) is 11.6 Å². The molecule has 2 fully saturated rings. The second-order valence-electron chi connectivity index (χ2n) is 5.56. The van der Waals surface area contributed by atoms with E-state index in [2.05, 4.69) is 19.9 Å². The van der Waals surface area contributed by atoms with Gasteiger partial charge in [0.05, 0.1) is 13.7 Å². The third kappa shape index (κ3) is 2.17. The summed E-state index contributed by atoms with van der Waals surface area (Å²) in [5, 5.41) is 0. The first kappa shape index (κ1) is 14.1. The van der Waals surface area contributed by atoms with Gasteiger partial charge in [0.1, 0.15) is 0 Å². The van der Waals surface area contributed by atoms with Crippen LogP contribution in [0, 0.1) is 17.3 Å². The molecule has 0 N–H and O–H groups in total. The van der Waals surface area contributed by atoms with Crippen molar-refractivity contribution in [1.82, 2.24) is 0 Å². The van der Waals surface area contributed by atoms with E-state index in [4.69, 9.17) is 9.47 Å². The summed E-state index contributed by atoms with van der Waals surface area (Å²) >= 11 is 0. The monoisotopic (exact) mass is 266 g/mol. The fraction of sp³-hybridized carbons (Fsp3) is 0.733. The molecular weight excluding hydrogens is 244 g/mol. The number of carbonyl (C=O) groups excluding carboxylic acids is 2. The van der Waals surface area contributed by atoms with Crippen molar-refractivity contribution in [1.29, 1.82) is 0 Å². The van der Waals surface area contributed by atoms with E-state index in [1.54, 1.807) is 0 Å². The summed E-state index contributed by atoms with van der Waals surface area (Å²) in [5.74, 6) is -0.897. The van der Waals surface area contributed by atoms with Crippen molar-refractivity contribution in [3.8, 4) is 0 Å². The summed E-state index contributed by atoms with van der Waals surface area (Å²) in [6.07, 6.45) is 6.67. The number of cyclic esters (lactones) is 1. The Kier molecular flexibility index (Phi) is 3.97. The average Bonchev–Trinajstić information content (AvgIpc) is 2.89. The first-order chi connectivity index (χ1) is 9.08. The van der Waals surface area contributed by atoms with E-state index in [1.165, 1.54) is 25.5 Å². The van der Waals surface area contributed by atoms with Crippen LogP contribution in [0.5, 0.6) is 0 Å². The second-order valence-corrected chi connectivity index (χ2v) is 5.56. The van der Waals surface area contributed by atoms with Crippen molar-refractivity contribution in [2.45, 2.75) is 39.5 Å². The van der Waals surface area contributed by atoms with Gasteiger partial charge >= 0.3 is 11.9 Å². The molecule has 2 aliphatic rings. The third-order valence-corrected chi connectivity index (χ3v) is 4.33. The summed E-state index contributed by atoms with van der Waals surface area (Å²) in [6.45, 7) is 4.59. The van der Waals surface area contributed by atoms with Crippen molar-refractivity contribution >= 4 is 11.9 Å². The van der Waals surface area contributed by atoms with E-state index >= 15 is 0 Å². The van der Waals surface area contributed by atoms with Gasteiger partial charge in [-0.25, -0.2) is 0 Å². The predicted octanol–water partition coefficient (Wildman–Crippen LogP) is 2.48. The fourth-order valence-electron chi connectivity index (χ4n) is 3.13. The molecule has 3 atom stereocenters. The first-order valence-electron chi connectivity index (χ1n) is 7.02. The van der Waals surface area contributed by atoms with Crippen molar-refractivity contribution in [3.05, 3.63) is 11.6 Å². The summed E-state index contributed by atoms with van der Waals surface area (Å²) in [5.41, 5.74) is 0.227. The number of methoxy groups -OCH3 is 1. The molecule has 1 aliphatic carbocycles. The van der Waals surface area contributed by atoms with E-state index in [0.29, 0.717) is 6.61 Å². The molecule has 106 valence electrons. The van der Waals surface area contributed by atoms with E-state index in [9.17, 15) is 9.59 Å². The Bertz CT molecular complexity index is 412. The topological polar surface area (TPSA) is 52.6 Å². The summed E-state index contributed by atoms with van der Waals surface area (Å²) in [7, 11) is 1.33. The van der Waals surface area contributed by atoms with Crippen LogP contribution in [-0.4, -0.2) is 25.7 Å². The molecule has 1 aliphatic heterocycles. The number of esters is 2. The molecule has 1 saturated carbocycles. The molecule has 2 rings (SSSR count). The number of fused-ring (bicyclic) bond motifs is 1. The zero-order valence-corrected chi connectivity index (χ0v) is 11.9. The van der Waals surface area contributed by atoms with E-state index in [0.717, 1.165) is 12.8 Å². The fourth-order valence-corrected chi connectivity index (χ4v) is 3.13. The first-order valence-corrected chi connectivity index (χ1v) is 7.02. The summed E-state index contributed by atoms with van der Waals surface area (Å²) in [6, 6.07) is 0. The molecule has 0 bridgehead atoms. The molecule has 1 saturated heterocycles. The lowest BCUT2D eigenvalue weighted by molar-refractivity contribution is -0.159. The van der Waals surface area contributed by atoms with Gasteiger partial charge in [0.2, 0.25) is 0 Å². The number of unbranched alkanes of at least 4 members (excludes halogenated alkanes) is 2. The van der Waals surface area contributed by atoms with Crippen LogP contribution in [0.3, 0.4) is 0 Å². The van der Waals surface area contributed by atoms with E-state index < -0.39 is 17.4 Å². The lowest BCUT2D eigenvalue weighted by Gasteiger charge is -2.09. The minimum atomic E-state index is -1.03. The summed E-state index contributed by atoms with van der Waals surface area (Å²) in [4.78, 5) is 23.7. The molecule has 0 aromatic rings. The average molecular weight is 266 g/mol. The zero-order valence-electron chi connectivity index (χ0n) is 11.9. The maximum absolute atomic E-state index is 11.9. The molecule has 0 aromatic heterocycles. The molecule has 19 heavy (non-hydrogen) atoms. The van der Waals surface area contributed by atoms with Crippen LogP contribution >= 0.6 is 0 Å². The van der Waals surface area contributed by atoms with Crippen molar-refractivity contribution in [3.63, 3.8) is 0 Å². The number of rotatable bonds is 6. The minimum Gasteiger partial charge on any atom is -0.468 e. The van der Waals surface area contributed by atoms with E-state index in [-0.39, 0.29) is 11.8 Å². The van der Waals surface area contributed by atoms with Crippen LogP contribution in [0.4, 0.5) is 0 Å². The quantitative estimate of drug-likeness (QED) is 0.321. The third-order valence-electron chi connectivity index (χ3n) is 4.33. The highest BCUT2D eigenvalue weighted by Gasteiger charge is 2.79. The highest BCUT2D eigenvalue weighted by molar-refractivity contribution is 6.06. The van der Waals surface area contributed by atoms with Crippen molar-refractivity contribution < 1.29 is 19.1 Å². The van der Waals surface area contributed by atoms with Gasteiger partial charge < -0.3 is 9.47 Å². The zero-order chi connectivity index (χ0) is 14.0. The van der Waals surface area contributed by atoms with Gasteiger partial charge in [0.25, 0.3) is 0 Å². The molecule has 0 radical (unpaired) electrons. The maximum Gasteiger partial charge on any atom is 0.324 e. The smallest absolute Gasteiger partial charge is 0.324 e.